The Morgan fingerprint density at radius 2 is 2.00 bits per heavy atom. The monoisotopic (exact) mass is 374 g/mol. The minimum Gasteiger partial charge on any atom is -0.496 e. The zero-order chi connectivity index (χ0) is 13.0. The molecule has 0 heterocycles. The summed E-state index contributed by atoms with van der Waals surface area (Å²) >= 11 is 7.44. The van der Waals surface area contributed by atoms with E-state index in [0.29, 0.717) is 4.83 Å². The van der Waals surface area contributed by atoms with Gasteiger partial charge in [0.05, 0.1) is 11.6 Å². The molecule has 1 saturated carbocycles. The molecule has 2 unspecified atom stereocenters. The summed E-state index contributed by atoms with van der Waals surface area (Å²) in [6.07, 6.45) is 7.98. The first-order valence-corrected chi connectivity index (χ1v) is 8.38. The van der Waals surface area contributed by atoms with E-state index in [9.17, 15) is 0 Å². The Bertz CT molecular complexity index is 392. The number of rotatable bonds is 3. The van der Waals surface area contributed by atoms with Gasteiger partial charge in [-0.05, 0) is 58.8 Å². The molecule has 3 heteroatoms. The topological polar surface area (TPSA) is 9.23 Å². The lowest BCUT2D eigenvalue weighted by molar-refractivity contribution is 0.411. The first-order valence-electron chi connectivity index (χ1n) is 6.67. The van der Waals surface area contributed by atoms with Crippen LogP contribution >= 0.6 is 31.9 Å². The molecule has 1 aliphatic carbocycles. The van der Waals surface area contributed by atoms with E-state index in [1.54, 1.807) is 7.11 Å². The largest absolute Gasteiger partial charge is 0.496 e. The minimum atomic E-state index is 0.681. The van der Waals surface area contributed by atoms with E-state index in [1.807, 2.05) is 0 Å². The Balaban J connectivity index is 2.05. The van der Waals surface area contributed by atoms with Crippen LogP contribution in [0.4, 0.5) is 0 Å². The second kappa shape index (κ2) is 6.95. The Kier molecular flexibility index (Phi) is 5.56. The van der Waals surface area contributed by atoms with Gasteiger partial charge in [-0.1, -0.05) is 41.3 Å². The van der Waals surface area contributed by atoms with Crippen molar-refractivity contribution in [1.29, 1.82) is 0 Å². The maximum absolute atomic E-state index is 5.27. The summed E-state index contributed by atoms with van der Waals surface area (Å²) in [7, 11) is 1.71. The number of halogens is 2. The lowest BCUT2D eigenvalue weighted by atomic mass is 9.92. The molecule has 0 aromatic heterocycles. The molecule has 1 aromatic carbocycles. The van der Waals surface area contributed by atoms with Gasteiger partial charge >= 0.3 is 0 Å². The van der Waals surface area contributed by atoms with Crippen LogP contribution in [0.3, 0.4) is 0 Å². The van der Waals surface area contributed by atoms with Crippen molar-refractivity contribution in [2.24, 2.45) is 5.92 Å². The van der Waals surface area contributed by atoms with E-state index in [1.165, 1.54) is 44.1 Å². The normalized spacial score (nSPS) is 24.6. The second-order valence-electron chi connectivity index (χ2n) is 5.09. The summed E-state index contributed by atoms with van der Waals surface area (Å²) in [5.74, 6) is 1.68. The Hall–Kier alpha value is -0.0200. The first-order chi connectivity index (χ1) is 8.70. The van der Waals surface area contributed by atoms with Gasteiger partial charge in [0.1, 0.15) is 5.75 Å². The van der Waals surface area contributed by atoms with E-state index in [0.717, 1.165) is 16.1 Å². The highest BCUT2D eigenvalue weighted by Gasteiger charge is 2.21. The number of ether oxygens (including phenoxy) is 1. The highest BCUT2D eigenvalue weighted by molar-refractivity contribution is 9.10. The Morgan fingerprint density at radius 1 is 1.22 bits per heavy atom. The molecule has 0 amide bonds. The second-order valence-corrected chi connectivity index (χ2v) is 7.12. The van der Waals surface area contributed by atoms with Crippen LogP contribution in [0.2, 0.25) is 0 Å². The summed E-state index contributed by atoms with van der Waals surface area (Å²) in [5.41, 5.74) is 1.40. The van der Waals surface area contributed by atoms with E-state index in [-0.39, 0.29) is 0 Å². The molecule has 0 bridgehead atoms. The van der Waals surface area contributed by atoms with Crippen molar-refractivity contribution in [3.63, 3.8) is 0 Å². The number of methoxy groups -OCH3 is 1. The fourth-order valence-electron chi connectivity index (χ4n) is 2.71. The molecule has 18 heavy (non-hydrogen) atoms. The molecule has 0 saturated heterocycles. The molecule has 1 aromatic rings. The molecule has 1 aliphatic rings. The SMILES string of the molecule is COc1ccc(CC2CCCCCC2Br)cc1Br. The molecule has 0 radical (unpaired) electrons. The molecule has 1 nitrogen and oxygen atoms in total. The fraction of sp³-hybridized carbons (Fsp3) is 0.600. The van der Waals surface area contributed by atoms with Gasteiger partial charge in [-0.3, -0.25) is 0 Å². The summed E-state index contributed by atoms with van der Waals surface area (Å²) in [6, 6.07) is 6.44. The van der Waals surface area contributed by atoms with Crippen molar-refractivity contribution in [2.45, 2.75) is 43.4 Å². The van der Waals surface area contributed by atoms with Crippen LogP contribution < -0.4 is 4.74 Å². The third-order valence-electron chi connectivity index (χ3n) is 3.78. The van der Waals surface area contributed by atoms with Crippen LogP contribution in [0, 0.1) is 5.92 Å². The van der Waals surface area contributed by atoms with Gasteiger partial charge in [0.25, 0.3) is 0 Å². The van der Waals surface area contributed by atoms with Gasteiger partial charge in [0.15, 0.2) is 0 Å². The molecule has 2 atom stereocenters. The smallest absolute Gasteiger partial charge is 0.133 e. The predicted molar refractivity (Wildman–Crippen MR) is 83.7 cm³/mol. The van der Waals surface area contributed by atoms with Gasteiger partial charge in [-0.15, -0.1) is 0 Å². The molecule has 0 N–H and O–H groups in total. The molecule has 1 fully saturated rings. The van der Waals surface area contributed by atoms with Gasteiger partial charge < -0.3 is 4.74 Å². The maximum Gasteiger partial charge on any atom is 0.133 e. The third kappa shape index (κ3) is 3.74. The quantitative estimate of drug-likeness (QED) is 0.511. The van der Waals surface area contributed by atoms with Gasteiger partial charge in [0, 0.05) is 4.83 Å². The van der Waals surface area contributed by atoms with Crippen LogP contribution in [0.15, 0.2) is 22.7 Å². The Labute approximate surface area is 127 Å². The van der Waals surface area contributed by atoms with Crippen LogP contribution in [-0.4, -0.2) is 11.9 Å². The van der Waals surface area contributed by atoms with E-state index < -0.39 is 0 Å². The molecule has 100 valence electrons. The van der Waals surface area contributed by atoms with E-state index in [4.69, 9.17) is 4.74 Å². The molecule has 0 aliphatic heterocycles. The molecular weight excluding hydrogens is 356 g/mol. The van der Waals surface area contributed by atoms with Crippen molar-refractivity contribution < 1.29 is 4.74 Å². The van der Waals surface area contributed by atoms with Crippen molar-refractivity contribution in [3.8, 4) is 5.75 Å². The average molecular weight is 376 g/mol. The van der Waals surface area contributed by atoms with Crippen molar-refractivity contribution in [3.05, 3.63) is 28.2 Å². The number of benzene rings is 1. The average Bonchev–Trinajstić information content (AvgIpc) is 2.55. The van der Waals surface area contributed by atoms with Crippen LogP contribution in [0.25, 0.3) is 0 Å². The van der Waals surface area contributed by atoms with Crippen LogP contribution in [0.5, 0.6) is 5.75 Å². The van der Waals surface area contributed by atoms with Gasteiger partial charge in [0.2, 0.25) is 0 Å². The summed E-state index contributed by atoms with van der Waals surface area (Å²) < 4.78 is 6.33. The van der Waals surface area contributed by atoms with Crippen molar-refractivity contribution in [2.75, 3.05) is 7.11 Å². The van der Waals surface area contributed by atoms with Crippen LogP contribution in [0.1, 0.15) is 37.7 Å². The highest BCUT2D eigenvalue weighted by Crippen LogP contribution is 2.33. The predicted octanol–water partition coefficient (Wildman–Crippen LogP) is 5.34. The minimum absolute atomic E-state index is 0.681. The number of hydrogen-bond acceptors (Lipinski definition) is 1. The fourth-order valence-corrected chi connectivity index (χ4v) is 4.07. The van der Waals surface area contributed by atoms with Gasteiger partial charge in [-0.2, -0.15) is 0 Å². The zero-order valence-electron chi connectivity index (χ0n) is 10.8. The first kappa shape index (κ1) is 14.4. The van der Waals surface area contributed by atoms with E-state index in [2.05, 4.69) is 50.1 Å². The molecular formula is C15H20Br2O. The highest BCUT2D eigenvalue weighted by atomic mass is 79.9. The van der Waals surface area contributed by atoms with Crippen molar-refractivity contribution >= 4 is 31.9 Å². The maximum atomic E-state index is 5.27. The van der Waals surface area contributed by atoms with Crippen LogP contribution in [-0.2, 0) is 6.42 Å². The third-order valence-corrected chi connectivity index (χ3v) is 5.61. The Morgan fingerprint density at radius 3 is 2.72 bits per heavy atom. The lowest BCUT2D eigenvalue weighted by Crippen LogP contribution is -2.15. The van der Waals surface area contributed by atoms with E-state index >= 15 is 0 Å². The summed E-state index contributed by atoms with van der Waals surface area (Å²) in [6.45, 7) is 0. The standard InChI is InChI=1S/C15H20Br2O/c1-18-15-8-7-11(10-14(15)17)9-12-5-3-2-4-6-13(12)16/h7-8,10,12-13H,2-6,9H2,1H3. The number of alkyl halides is 1. The lowest BCUT2D eigenvalue weighted by Gasteiger charge is -2.20. The number of hydrogen-bond donors (Lipinski definition) is 0. The van der Waals surface area contributed by atoms with Crippen molar-refractivity contribution in [1.82, 2.24) is 0 Å². The molecule has 2 rings (SSSR count). The summed E-state index contributed by atoms with van der Waals surface area (Å²) in [5, 5.41) is 0. The summed E-state index contributed by atoms with van der Waals surface area (Å²) in [4.78, 5) is 0.681. The molecule has 0 spiro atoms. The van der Waals surface area contributed by atoms with Gasteiger partial charge in [-0.25, -0.2) is 0 Å². The zero-order valence-corrected chi connectivity index (χ0v) is 14.0.